The number of benzene rings is 2. The quantitative estimate of drug-likeness (QED) is 0.756. The largest absolute Gasteiger partial charge is 0.455 e. The molecule has 0 atom stereocenters. The Bertz CT molecular complexity index is 755. The summed E-state index contributed by atoms with van der Waals surface area (Å²) in [6.45, 7) is 2.57. The smallest absolute Gasteiger partial charge is 0.240 e. The van der Waals surface area contributed by atoms with E-state index in [1.807, 2.05) is 49.4 Å². The summed E-state index contributed by atoms with van der Waals surface area (Å²) in [4.78, 5) is 25.0. The topological polar surface area (TPSA) is 67.4 Å². The summed E-state index contributed by atoms with van der Waals surface area (Å²) in [5.41, 5.74) is -0.374. The second-order valence-corrected chi connectivity index (χ2v) is 6.20. The fourth-order valence-electron chi connectivity index (χ4n) is 2.61. The minimum Gasteiger partial charge on any atom is -0.455 e. The Morgan fingerprint density at radius 1 is 1.00 bits per heavy atom. The van der Waals surface area contributed by atoms with Crippen LogP contribution in [0, 0.1) is 5.41 Å². The second kappa shape index (κ2) is 7.38. The summed E-state index contributed by atoms with van der Waals surface area (Å²) < 4.78 is 5.85. The molecule has 2 N–H and O–H groups in total. The highest BCUT2D eigenvalue weighted by Crippen LogP contribution is 2.47. The molecule has 0 bridgehead atoms. The fraction of sp³-hybridized carbons (Fsp3) is 0.300. The minimum atomic E-state index is -0.935. The number of anilines is 1. The van der Waals surface area contributed by atoms with Crippen LogP contribution in [0.15, 0.2) is 54.6 Å². The Labute approximate surface area is 147 Å². The molecule has 1 aliphatic carbocycles. The lowest BCUT2D eigenvalue weighted by Gasteiger charge is -2.17. The van der Waals surface area contributed by atoms with Crippen molar-refractivity contribution in [3.63, 3.8) is 0 Å². The number of rotatable bonds is 7. The molecule has 5 nitrogen and oxygen atoms in total. The predicted molar refractivity (Wildman–Crippen MR) is 96.6 cm³/mol. The van der Waals surface area contributed by atoms with Crippen molar-refractivity contribution in [2.24, 2.45) is 5.41 Å². The number of hydrogen-bond donors (Lipinski definition) is 2. The molecule has 0 radical (unpaired) electrons. The lowest BCUT2D eigenvalue weighted by Crippen LogP contribution is -2.40. The third-order valence-corrected chi connectivity index (χ3v) is 4.26. The van der Waals surface area contributed by atoms with Crippen LogP contribution >= 0.6 is 0 Å². The first kappa shape index (κ1) is 17.0. The average molecular weight is 338 g/mol. The van der Waals surface area contributed by atoms with Crippen LogP contribution in [0.2, 0.25) is 0 Å². The number of amides is 2. The molecule has 1 saturated carbocycles. The molecule has 2 aromatic carbocycles. The first-order chi connectivity index (χ1) is 12.2. The molecular weight excluding hydrogens is 316 g/mol. The van der Waals surface area contributed by atoms with E-state index in [4.69, 9.17) is 4.74 Å². The number of nitrogens with one attached hydrogen (secondary N) is 2. The van der Waals surface area contributed by atoms with Crippen molar-refractivity contribution in [1.29, 1.82) is 0 Å². The van der Waals surface area contributed by atoms with E-state index in [9.17, 15) is 9.59 Å². The Morgan fingerprint density at radius 3 is 2.36 bits per heavy atom. The van der Waals surface area contributed by atoms with Crippen LogP contribution in [0.3, 0.4) is 0 Å². The maximum Gasteiger partial charge on any atom is 0.240 e. The zero-order valence-corrected chi connectivity index (χ0v) is 14.2. The van der Waals surface area contributed by atoms with Gasteiger partial charge in [0.15, 0.2) is 5.75 Å². The molecule has 0 spiro atoms. The van der Waals surface area contributed by atoms with Crippen LogP contribution in [0.4, 0.5) is 5.69 Å². The van der Waals surface area contributed by atoms with Gasteiger partial charge in [-0.15, -0.1) is 0 Å². The molecule has 0 unspecified atom stereocenters. The molecule has 2 amide bonds. The lowest BCUT2D eigenvalue weighted by molar-refractivity contribution is -0.134. The van der Waals surface area contributed by atoms with Gasteiger partial charge < -0.3 is 15.4 Å². The van der Waals surface area contributed by atoms with Gasteiger partial charge >= 0.3 is 0 Å². The molecule has 0 aromatic heterocycles. The molecule has 0 aliphatic heterocycles. The number of para-hydroxylation sites is 3. The molecule has 25 heavy (non-hydrogen) atoms. The van der Waals surface area contributed by atoms with E-state index < -0.39 is 5.41 Å². The van der Waals surface area contributed by atoms with Gasteiger partial charge in [0.1, 0.15) is 11.2 Å². The summed E-state index contributed by atoms with van der Waals surface area (Å²) in [6, 6.07) is 16.6. The first-order valence-corrected chi connectivity index (χ1v) is 8.57. The molecule has 3 rings (SSSR count). The Hall–Kier alpha value is -2.82. The van der Waals surface area contributed by atoms with Gasteiger partial charge in [-0.1, -0.05) is 37.3 Å². The maximum atomic E-state index is 12.7. The van der Waals surface area contributed by atoms with Crippen LogP contribution in [0.5, 0.6) is 11.5 Å². The highest BCUT2D eigenvalue weighted by molar-refractivity contribution is 6.13. The van der Waals surface area contributed by atoms with E-state index in [2.05, 4.69) is 10.6 Å². The SMILES string of the molecule is CCCNC(=O)C1(C(=O)Nc2ccccc2Oc2ccccc2)CC1. The molecule has 5 heteroatoms. The van der Waals surface area contributed by atoms with E-state index in [1.54, 1.807) is 12.1 Å². The van der Waals surface area contributed by atoms with Gasteiger partial charge in [-0.25, -0.2) is 0 Å². The number of ether oxygens (including phenoxy) is 1. The summed E-state index contributed by atoms with van der Waals surface area (Å²) in [5, 5.41) is 5.69. The second-order valence-electron chi connectivity index (χ2n) is 6.20. The summed E-state index contributed by atoms with van der Waals surface area (Å²) in [6.07, 6.45) is 2.00. The molecule has 2 aromatic rings. The predicted octanol–water partition coefficient (Wildman–Crippen LogP) is 3.72. The van der Waals surface area contributed by atoms with Gasteiger partial charge in [-0.05, 0) is 43.5 Å². The van der Waals surface area contributed by atoms with Gasteiger partial charge in [0.25, 0.3) is 0 Å². The first-order valence-electron chi connectivity index (χ1n) is 8.57. The highest BCUT2D eigenvalue weighted by atomic mass is 16.5. The summed E-state index contributed by atoms with van der Waals surface area (Å²) >= 11 is 0. The molecule has 1 fully saturated rings. The van der Waals surface area contributed by atoms with Gasteiger partial charge in [0.05, 0.1) is 5.69 Å². The fourth-order valence-corrected chi connectivity index (χ4v) is 2.61. The molecule has 0 heterocycles. The van der Waals surface area contributed by atoms with Crippen molar-refractivity contribution in [1.82, 2.24) is 5.32 Å². The van der Waals surface area contributed by atoms with Crippen molar-refractivity contribution in [2.45, 2.75) is 26.2 Å². The van der Waals surface area contributed by atoms with E-state index in [-0.39, 0.29) is 11.8 Å². The third-order valence-electron chi connectivity index (χ3n) is 4.26. The Morgan fingerprint density at radius 2 is 1.68 bits per heavy atom. The standard InChI is InChI=1S/C20H22N2O3/c1-2-14-21-18(23)20(12-13-20)19(24)22-16-10-6-7-11-17(16)25-15-8-4-3-5-9-15/h3-11H,2,12-14H2,1H3,(H,21,23)(H,22,24). The minimum absolute atomic E-state index is 0.187. The average Bonchev–Trinajstić information content (AvgIpc) is 3.44. The van der Waals surface area contributed by atoms with Crippen molar-refractivity contribution in [2.75, 3.05) is 11.9 Å². The van der Waals surface area contributed by atoms with Crippen molar-refractivity contribution in [3.05, 3.63) is 54.6 Å². The van der Waals surface area contributed by atoms with Crippen LogP contribution in [0.25, 0.3) is 0 Å². The van der Waals surface area contributed by atoms with E-state index in [0.29, 0.717) is 36.6 Å². The summed E-state index contributed by atoms with van der Waals surface area (Å²) in [7, 11) is 0. The van der Waals surface area contributed by atoms with Crippen LogP contribution in [-0.4, -0.2) is 18.4 Å². The molecule has 0 saturated heterocycles. The van der Waals surface area contributed by atoms with E-state index in [0.717, 1.165) is 6.42 Å². The molecule has 130 valence electrons. The Kier molecular flexibility index (Phi) is 5.03. The lowest BCUT2D eigenvalue weighted by atomic mass is 10.0. The van der Waals surface area contributed by atoms with Gasteiger partial charge in [-0.3, -0.25) is 9.59 Å². The van der Waals surface area contributed by atoms with E-state index in [1.165, 1.54) is 0 Å². The van der Waals surface area contributed by atoms with Crippen LogP contribution in [0.1, 0.15) is 26.2 Å². The van der Waals surface area contributed by atoms with Gasteiger partial charge in [0, 0.05) is 6.54 Å². The van der Waals surface area contributed by atoms with Crippen LogP contribution < -0.4 is 15.4 Å². The third kappa shape index (κ3) is 3.82. The normalized spacial score (nSPS) is 14.4. The van der Waals surface area contributed by atoms with Crippen molar-refractivity contribution < 1.29 is 14.3 Å². The zero-order chi connectivity index (χ0) is 17.7. The monoisotopic (exact) mass is 338 g/mol. The highest BCUT2D eigenvalue weighted by Gasteiger charge is 2.56. The van der Waals surface area contributed by atoms with Gasteiger partial charge in [-0.2, -0.15) is 0 Å². The zero-order valence-electron chi connectivity index (χ0n) is 14.2. The van der Waals surface area contributed by atoms with Crippen molar-refractivity contribution in [3.8, 4) is 11.5 Å². The van der Waals surface area contributed by atoms with Crippen LogP contribution in [-0.2, 0) is 9.59 Å². The van der Waals surface area contributed by atoms with Gasteiger partial charge in [0.2, 0.25) is 11.8 Å². The summed E-state index contributed by atoms with van der Waals surface area (Å²) in [5.74, 6) is 0.774. The number of hydrogen-bond acceptors (Lipinski definition) is 3. The molecule has 1 aliphatic rings. The Balaban J connectivity index is 1.73. The molecular formula is C20H22N2O3. The van der Waals surface area contributed by atoms with E-state index >= 15 is 0 Å². The van der Waals surface area contributed by atoms with Crippen molar-refractivity contribution >= 4 is 17.5 Å². The number of carbonyl (C=O) groups excluding carboxylic acids is 2. The maximum absolute atomic E-state index is 12.7. The number of carbonyl (C=O) groups is 2.